The Morgan fingerprint density at radius 2 is 1.03 bits per heavy atom. The van der Waals surface area contributed by atoms with Gasteiger partial charge in [0.05, 0.1) is 0 Å². The minimum atomic E-state index is -2.11. The predicted octanol–water partition coefficient (Wildman–Crippen LogP) is 6.98. The summed E-state index contributed by atoms with van der Waals surface area (Å²) in [6.07, 6.45) is 9.72. The molecule has 3 aromatic carbocycles. The van der Waals surface area contributed by atoms with E-state index in [1.165, 1.54) is 51.1 Å². The number of hydrogen-bond acceptors (Lipinski definition) is 0. The summed E-state index contributed by atoms with van der Waals surface area (Å²) in [4.78, 5) is 0. The number of benzene rings is 3. The van der Waals surface area contributed by atoms with Gasteiger partial charge in [-0.1, -0.05) is 0 Å². The second-order valence-corrected chi connectivity index (χ2v) is 12.9. The molecule has 0 spiro atoms. The van der Waals surface area contributed by atoms with Crippen molar-refractivity contribution in [1.82, 2.24) is 0 Å². The second-order valence-electron chi connectivity index (χ2n) is 8.87. The van der Waals surface area contributed by atoms with E-state index in [-0.39, 0.29) is 0 Å². The molecule has 0 unspecified atom stereocenters. The molecule has 0 atom stereocenters. The molecule has 0 N–H and O–H groups in total. The van der Waals surface area contributed by atoms with Crippen LogP contribution in [0.3, 0.4) is 0 Å². The van der Waals surface area contributed by atoms with Gasteiger partial charge in [0.2, 0.25) is 0 Å². The van der Waals surface area contributed by atoms with Gasteiger partial charge in [-0.15, -0.1) is 0 Å². The van der Waals surface area contributed by atoms with Crippen molar-refractivity contribution in [2.75, 3.05) is 6.16 Å². The molecule has 0 saturated carbocycles. The zero-order valence-corrected chi connectivity index (χ0v) is 21.1. The van der Waals surface area contributed by atoms with Gasteiger partial charge in [0, 0.05) is 0 Å². The molecule has 0 nitrogen and oxygen atoms in total. The van der Waals surface area contributed by atoms with Crippen LogP contribution in [-0.2, 0) is 19.3 Å². The average Bonchev–Trinajstić information content (AvgIpc) is 2.81. The number of hydrogen-bond donors (Lipinski definition) is 0. The summed E-state index contributed by atoms with van der Waals surface area (Å²) < 4.78 is 0. The molecule has 3 aromatic rings. The maximum atomic E-state index is 2.55. The van der Waals surface area contributed by atoms with Crippen molar-refractivity contribution in [3.8, 4) is 0 Å². The van der Waals surface area contributed by atoms with Gasteiger partial charge in [0.25, 0.3) is 0 Å². The fourth-order valence-corrected chi connectivity index (χ4v) is 10.7. The Labute approximate surface area is 191 Å². The first-order chi connectivity index (χ1) is 15.2. The van der Waals surface area contributed by atoms with Crippen molar-refractivity contribution in [3.63, 3.8) is 0 Å². The van der Waals surface area contributed by atoms with Crippen molar-refractivity contribution >= 4 is 23.2 Å². The quantitative estimate of drug-likeness (QED) is 0.287. The fourth-order valence-electron chi connectivity index (χ4n) is 5.46. The van der Waals surface area contributed by atoms with Crippen LogP contribution in [0.2, 0.25) is 0 Å². The van der Waals surface area contributed by atoms with E-state index in [1.54, 1.807) is 32.6 Å². The van der Waals surface area contributed by atoms with E-state index in [0.29, 0.717) is 0 Å². The van der Waals surface area contributed by atoms with Crippen LogP contribution >= 0.6 is 7.26 Å². The Hall–Kier alpha value is -1.91. The molecule has 0 aliphatic rings. The first-order valence-corrected chi connectivity index (χ1v) is 14.7. The molecule has 31 heavy (non-hydrogen) atoms. The van der Waals surface area contributed by atoms with Gasteiger partial charge in [0.1, 0.15) is 0 Å². The van der Waals surface area contributed by atoms with E-state index in [4.69, 9.17) is 0 Å². The molecule has 0 aliphatic carbocycles. The molecule has 0 saturated heterocycles. The summed E-state index contributed by atoms with van der Waals surface area (Å²) in [6.45, 7) is 9.36. The Balaban J connectivity index is 2.40. The van der Waals surface area contributed by atoms with E-state index < -0.39 is 7.26 Å². The minimum absolute atomic E-state index is 1.19. The van der Waals surface area contributed by atoms with Crippen molar-refractivity contribution in [1.29, 1.82) is 0 Å². The van der Waals surface area contributed by atoms with Crippen LogP contribution in [0, 0.1) is 0 Å². The molecule has 0 amide bonds. The normalized spacial score (nSPS) is 12.1. The maximum absolute atomic E-state index is 2.55. The van der Waals surface area contributed by atoms with E-state index in [1.807, 2.05) is 0 Å². The van der Waals surface area contributed by atoms with Crippen LogP contribution in [0.5, 0.6) is 0 Å². The van der Waals surface area contributed by atoms with E-state index in [0.717, 1.165) is 0 Å². The zero-order valence-electron chi connectivity index (χ0n) is 20.1. The molecule has 166 valence electrons. The Morgan fingerprint density at radius 3 is 1.52 bits per heavy atom. The van der Waals surface area contributed by atoms with Crippen LogP contribution in [0.4, 0.5) is 0 Å². The average molecular weight is 433 g/mol. The van der Waals surface area contributed by atoms with Crippen molar-refractivity contribution in [3.05, 3.63) is 89.5 Å². The van der Waals surface area contributed by atoms with Gasteiger partial charge < -0.3 is 0 Å². The summed E-state index contributed by atoms with van der Waals surface area (Å²) in [7, 11) is -2.11. The summed E-state index contributed by atoms with van der Waals surface area (Å²) in [6, 6.07) is 28.0. The molecule has 1 heteroatoms. The third-order valence-corrected chi connectivity index (χ3v) is 11.9. The predicted molar refractivity (Wildman–Crippen MR) is 144 cm³/mol. The van der Waals surface area contributed by atoms with Gasteiger partial charge in [0.15, 0.2) is 0 Å². The summed E-state index contributed by atoms with van der Waals surface area (Å²) >= 11 is 0. The SMILES string of the molecule is CCCc1ccc([PH](CCC)(c2ccccc2)c2ccccc2)c(CCC)c1CCC. The second kappa shape index (κ2) is 11.6. The van der Waals surface area contributed by atoms with Crippen LogP contribution in [-0.4, -0.2) is 6.16 Å². The standard InChI is InChI=1S/C30H41P/c1-5-15-25-22-23-30(29(17-7-3)28(25)16-6-2)31(24-8-4,26-18-11-9-12-19-26)27-20-13-10-14-21-27/h9-14,18-23,31H,5-8,15-17,24H2,1-4H3. The summed E-state index contributed by atoms with van der Waals surface area (Å²) in [5, 5.41) is 4.80. The molecule has 0 aromatic heterocycles. The van der Waals surface area contributed by atoms with Gasteiger partial charge in [-0.05, 0) is 0 Å². The van der Waals surface area contributed by atoms with Crippen molar-refractivity contribution in [2.24, 2.45) is 0 Å². The Bertz CT molecular complexity index is 888. The van der Waals surface area contributed by atoms with Gasteiger partial charge in [-0.3, -0.25) is 0 Å². The third kappa shape index (κ3) is 4.96. The van der Waals surface area contributed by atoms with Gasteiger partial charge >= 0.3 is 191 Å². The molecular formula is C30H41P. The van der Waals surface area contributed by atoms with Crippen LogP contribution in [0.1, 0.15) is 70.1 Å². The third-order valence-electron chi connectivity index (χ3n) is 6.67. The summed E-state index contributed by atoms with van der Waals surface area (Å²) in [5.74, 6) is 0. The molecule has 0 radical (unpaired) electrons. The van der Waals surface area contributed by atoms with E-state index >= 15 is 0 Å². The topological polar surface area (TPSA) is 0 Å². The van der Waals surface area contributed by atoms with Crippen LogP contribution in [0.15, 0.2) is 72.8 Å². The number of rotatable bonds is 11. The first kappa shape index (κ1) is 23.7. The first-order valence-electron chi connectivity index (χ1n) is 12.5. The van der Waals surface area contributed by atoms with Crippen molar-refractivity contribution in [2.45, 2.75) is 72.6 Å². The molecule has 3 rings (SSSR count). The fraction of sp³-hybridized carbons (Fsp3) is 0.400. The molecule has 0 aliphatic heterocycles. The van der Waals surface area contributed by atoms with Gasteiger partial charge in [-0.2, -0.15) is 0 Å². The molecule has 0 heterocycles. The molecule has 0 bridgehead atoms. The summed E-state index contributed by atoms with van der Waals surface area (Å²) in [5.41, 5.74) is 4.95. The van der Waals surface area contributed by atoms with Crippen LogP contribution < -0.4 is 15.9 Å². The zero-order chi connectivity index (χ0) is 22.1. The Morgan fingerprint density at radius 1 is 0.516 bits per heavy atom. The van der Waals surface area contributed by atoms with Crippen LogP contribution in [0.25, 0.3) is 0 Å². The van der Waals surface area contributed by atoms with Crippen molar-refractivity contribution < 1.29 is 0 Å². The number of aryl methyl sites for hydroxylation is 1. The Kier molecular flexibility index (Phi) is 8.91. The van der Waals surface area contributed by atoms with Gasteiger partial charge in [-0.25, -0.2) is 0 Å². The monoisotopic (exact) mass is 432 g/mol. The van der Waals surface area contributed by atoms with E-state index in [9.17, 15) is 0 Å². The molecular weight excluding hydrogens is 391 g/mol. The van der Waals surface area contributed by atoms with E-state index in [2.05, 4.69) is 100 Å². The molecule has 0 fully saturated rings.